The van der Waals surface area contributed by atoms with Gasteiger partial charge in [-0.3, -0.25) is 4.79 Å². The van der Waals surface area contributed by atoms with Crippen molar-refractivity contribution in [1.29, 1.82) is 0 Å². The lowest BCUT2D eigenvalue weighted by molar-refractivity contribution is 0.101. The molecule has 0 atom stereocenters. The molecular formula is C19H20BrN3O. The first kappa shape index (κ1) is 16.7. The molecule has 0 unspecified atom stereocenters. The minimum Gasteiger partial charge on any atom is -0.337 e. The summed E-state index contributed by atoms with van der Waals surface area (Å²) in [5.74, 6) is 0.420. The zero-order valence-electron chi connectivity index (χ0n) is 14.1. The van der Waals surface area contributed by atoms with Gasteiger partial charge >= 0.3 is 0 Å². The molecule has 0 spiro atoms. The third-order valence-corrected chi connectivity index (χ3v) is 4.76. The van der Waals surface area contributed by atoms with Gasteiger partial charge in [-0.1, -0.05) is 13.0 Å². The molecule has 2 heterocycles. The van der Waals surface area contributed by atoms with Gasteiger partial charge in [0.15, 0.2) is 0 Å². The van der Waals surface area contributed by atoms with E-state index in [-0.39, 0.29) is 5.91 Å². The molecule has 124 valence electrons. The summed E-state index contributed by atoms with van der Waals surface area (Å²) >= 11 is 3.35. The molecule has 4 nitrogen and oxygen atoms in total. The average molecular weight is 386 g/mol. The predicted octanol–water partition coefficient (Wildman–Crippen LogP) is 4.94. The summed E-state index contributed by atoms with van der Waals surface area (Å²) in [6, 6.07) is 10.1. The summed E-state index contributed by atoms with van der Waals surface area (Å²) in [5, 5.41) is 4.04. The highest BCUT2D eigenvalue weighted by atomic mass is 79.9. The van der Waals surface area contributed by atoms with E-state index in [2.05, 4.69) is 62.8 Å². The molecule has 0 radical (unpaired) electrons. The fraction of sp³-hybridized carbons (Fsp3) is 0.263. The van der Waals surface area contributed by atoms with Crippen molar-refractivity contribution >= 4 is 38.6 Å². The van der Waals surface area contributed by atoms with Crippen LogP contribution in [0, 0.1) is 6.92 Å². The Morgan fingerprint density at radius 3 is 2.67 bits per heavy atom. The van der Waals surface area contributed by atoms with Gasteiger partial charge in [0.2, 0.25) is 0 Å². The van der Waals surface area contributed by atoms with E-state index in [4.69, 9.17) is 0 Å². The monoisotopic (exact) mass is 385 g/mol. The van der Waals surface area contributed by atoms with Gasteiger partial charge in [0, 0.05) is 28.1 Å². The number of nitrogens with one attached hydrogen (secondary N) is 1. The van der Waals surface area contributed by atoms with E-state index in [0.717, 1.165) is 33.9 Å². The van der Waals surface area contributed by atoms with E-state index < -0.39 is 0 Å². The highest BCUT2D eigenvalue weighted by Gasteiger charge is 2.20. The van der Waals surface area contributed by atoms with Gasteiger partial charge in [0.05, 0.1) is 0 Å². The van der Waals surface area contributed by atoms with Crippen LogP contribution in [-0.2, 0) is 13.0 Å². The SMILES string of the molecule is CCc1ccc2c(c1)c(C)c(C(=O)Nc1ccc(Br)cn1)n2CC. The Labute approximate surface area is 150 Å². The largest absolute Gasteiger partial charge is 0.337 e. The lowest BCUT2D eigenvalue weighted by atomic mass is 10.1. The third-order valence-electron chi connectivity index (χ3n) is 4.29. The minimum absolute atomic E-state index is 0.126. The van der Waals surface area contributed by atoms with Crippen molar-refractivity contribution < 1.29 is 4.79 Å². The zero-order valence-corrected chi connectivity index (χ0v) is 15.6. The summed E-state index contributed by atoms with van der Waals surface area (Å²) in [6.07, 6.45) is 2.66. The highest BCUT2D eigenvalue weighted by molar-refractivity contribution is 9.10. The van der Waals surface area contributed by atoms with Gasteiger partial charge in [0.25, 0.3) is 5.91 Å². The molecule has 3 aromatic rings. The molecule has 1 amide bonds. The summed E-state index contributed by atoms with van der Waals surface area (Å²) < 4.78 is 2.95. The lowest BCUT2D eigenvalue weighted by Crippen LogP contribution is -2.18. The zero-order chi connectivity index (χ0) is 17.3. The maximum Gasteiger partial charge on any atom is 0.273 e. The van der Waals surface area contributed by atoms with Gasteiger partial charge in [-0.15, -0.1) is 0 Å². The number of carbonyl (C=O) groups is 1. The van der Waals surface area contributed by atoms with Gasteiger partial charge < -0.3 is 9.88 Å². The van der Waals surface area contributed by atoms with Gasteiger partial charge in [-0.2, -0.15) is 0 Å². The van der Waals surface area contributed by atoms with E-state index in [1.807, 2.05) is 13.0 Å². The molecule has 24 heavy (non-hydrogen) atoms. The molecule has 0 aliphatic carbocycles. The summed E-state index contributed by atoms with van der Waals surface area (Å²) in [7, 11) is 0. The standard InChI is InChI=1S/C19H20BrN3O/c1-4-13-6-8-16-15(10-13)12(3)18(23(16)5-2)19(24)22-17-9-7-14(20)11-21-17/h6-11H,4-5H2,1-3H3,(H,21,22,24). The Kier molecular flexibility index (Phi) is 4.71. The lowest BCUT2D eigenvalue weighted by Gasteiger charge is -2.09. The second-order valence-corrected chi connectivity index (χ2v) is 6.65. The van der Waals surface area contributed by atoms with Gasteiger partial charge in [-0.25, -0.2) is 4.98 Å². The number of carbonyl (C=O) groups excluding carboxylic acids is 1. The number of halogens is 1. The molecule has 0 fully saturated rings. The maximum atomic E-state index is 12.8. The number of pyridine rings is 1. The van der Waals surface area contributed by atoms with Crippen LogP contribution in [0.5, 0.6) is 0 Å². The number of aryl methyl sites for hydroxylation is 3. The Balaban J connectivity index is 2.05. The van der Waals surface area contributed by atoms with Crippen LogP contribution in [0.3, 0.4) is 0 Å². The molecular weight excluding hydrogens is 366 g/mol. The number of aromatic nitrogens is 2. The molecule has 2 aromatic heterocycles. The van der Waals surface area contributed by atoms with Crippen LogP contribution in [0.4, 0.5) is 5.82 Å². The van der Waals surface area contributed by atoms with Gasteiger partial charge in [0.1, 0.15) is 11.5 Å². The van der Waals surface area contributed by atoms with Crippen molar-refractivity contribution in [2.75, 3.05) is 5.32 Å². The Hall–Kier alpha value is -2.14. The molecule has 0 bridgehead atoms. The number of hydrogen-bond acceptors (Lipinski definition) is 2. The van der Waals surface area contributed by atoms with Crippen molar-refractivity contribution in [2.24, 2.45) is 0 Å². The smallest absolute Gasteiger partial charge is 0.273 e. The van der Waals surface area contributed by atoms with E-state index in [1.54, 1.807) is 12.3 Å². The maximum absolute atomic E-state index is 12.8. The Morgan fingerprint density at radius 1 is 1.25 bits per heavy atom. The fourth-order valence-electron chi connectivity index (χ4n) is 3.04. The molecule has 0 saturated heterocycles. The molecule has 5 heteroatoms. The summed E-state index contributed by atoms with van der Waals surface area (Å²) in [4.78, 5) is 17.1. The Morgan fingerprint density at radius 2 is 2.04 bits per heavy atom. The van der Waals surface area contributed by atoms with Crippen LogP contribution in [0.25, 0.3) is 10.9 Å². The van der Waals surface area contributed by atoms with Crippen LogP contribution >= 0.6 is 15.9 Å². The van der Waals surface area contributed by atoms with Crippen molar-refractivity contribution in [3.63, 3.8) is 0 Å². The van der Waals surface area contributed by atoms with Crippen LogP contribution in [0.1, 0.15) is 35.5 Å². The van der Waals surface area contributed by atoms with Crippen molar-refractivity contribution in [1.82, 2.24) is 9.55 Å². The van der Waals surface area contributed by atoms with Crippen LogP contribution in [0.15, 0.2) is 41.0 Å². The van der Waals surface area contributed by atoms with E-state index in [1.165, 1.54) is 5.56 Å². The van der Waals surface area contributed by atoms with E-state index in [0.29, 0.717) is 11.5 Å². The van der Waals surface area contributed by atoms with Gasteiger partial charge in [-0.05, 0) is 71.6 Å². The normalized spacial score (nSPS) is 11.0. The van der Waals surface area contributed by atoms with Crippen LogP contribution in [-0.4, -0.2) is 15.5 Å². The average Bonchev–Trinajstić information content (AvgIpc) is 2.88. The second-order valence-electron chi connectivity index (χ2n) is 5.74. The molecule has 3 rings (SSSR count). The third kappa shape index (κ3) is 2.96. The van der Waals surface area contributed by atoms with Crippen LogP contribution in [0.2, 0.25) is 0 Å². The number of benzene rings is 1. The molecule has 0 aliphatic rings. The second kappa shape index (κ2) is 6.77. The molecule has 1 N–H and O–H groups in total. The molecule has 0 saturated carbocycles. The van der Waals surface area contributed by atoms with Crippen molar-refractivity contribution in [2.45, 2.75) is 33.7 Å². The molecule has 1 aromatic carbocycles. The van der Waals surface area contributed by atoms with Crippen molar-refractivity contribution in [3.05, 3.63) is 57.8 Å². The minimum atomic E-state index is -0.126. The van der Waals surface area contributed by atoms with Crippen molar-refractivity contribution in [3.8, 4) is 0 Å². The van der Waals surface area contributed by atoms with E-state index >= 15 is 0 Å². The number of hydrogen-bond donors (Lipinski definition) is 1. The summed E-state index contributed by atoms with van der Waals surface area (Å²) in [6.45, 7) is 6.95. The first-order chi connectivity index (χ1) is 11.5. The highest BCUT2D eigenvalue weighted by Crippen LogP contribution is 2.27. The fourth-order valence-corrected chi connectivity index (χ4v) is 3.27. The number of amides is 1. The topological polar surface area (TPSA) is 46.9 Å². The number of anilines is 1. The quantitative estimate of drug-likeness (QED) is 0.690. The number of rotatable bonds is 4. The summed E-state index contributed by atoms with van der Waals surface area (Å²) in [5.41, 5.74) is 4.09. The first-order valence-corrected chi connectivity index (χ1v) is 8.89. The predicted molar refractivity (Wildman–Crippen MR) is 102 cm³/mol. The molecule has 0 aliphatic heterocycles. The Bertz CT molecular complexity index is 897. The number of fused-ring (bicyclic) bond motifs is 1. The van der Waals surface area contributed by atoms with Crippen LogP contribution < -0.4 is 5.32 Å². The van der Waals surface area contributed by atoms with E-state index in [9.17, 15) is 4.79 Å². The first-order valence-electron chi connectivity index (χ1n) is 8.09. The number of nitrogens with zero attached hydrogens (tertiary/aromatic N) is 2.